The third-order valence-corrected chi connectivity index (χ3v) is 5.19. The lowest BCUT2D eigenvalue weighted by Crippen LogP contribution is -2.39. The molecule has 5 heteroatoms. The Bertz CT molecular complexity index is 304. The van der Waals surface area contributed by atoms with Gasteiger partial charge in [0, 0.05) is 12.6 Å². The Hall–Kier alpha value is -0.130. The second-order valence-corrected chi connectivity index (χ2v) is 6.89. The lowest BCUT2D eigenvalue weighted by atomic mass is 9.91. The normalized spacial score (nSPS) is 28.4. The Morgan fingerprint density at radius 3 is 2.50 bits per heavy atom. The van der Waals surface area contributed by atoms with E-state index in [4.69, 9.17) is 0 Å². The molecular weight excluding hydrogens is 224 g/mol. The van der Waals surface area contributed by atoms with Crippen LogP contribution in [0, 0.1) is 5.92 Å². The van der Waals surface area contributed by atoms with Crippen LogP contribution >= 0.6 is 0 Å². The molecule has 1 atom stereocenters. The van der Waals surface area contributed by atoms with E-state index < -0.39 is 10.0 Å². The first-order chi connectivity index (χ1) is 7.66. The van der Waals surface area contributed by atoms with E-state index in [9.17, 15) is 8.42 Å². The molecule has 0 aromatic rings. The molecule has 2 fully saturated rings. The molecule has 0 radical (unpaired) electrons. The third kappa shape index (κ3) is 3.71. The predicted octanol–water partition coefficient (Wildman–Crippen LogP) is 0.848. The number of nitrogens with one attached hydrogen (secondary N) is 2. The molecule has 0 bridgehead atoms. The van der Waals surface area contributed by atoms with Crippen molar-refractivity contribution in [2.75, 3.05) is 18.8 Å². The standard InChI is InChI=1S/C11H22N2O2S/c14-16(15,13-11-6-7-12-8-11)9-10-4-2-1-3-5-10/h10-13H,1-9H2/t11-/m0/s1. The largest absolute Gasteiger partial charge is 0.315 e. The summed E-state index contributed by atoms with van der Waals surface area (Å²) in [7, 11) is -3.05. The maximum atomic E-state index is 11.9. The van der Waals surface area contributed by atoms with Crippen LogP contribution in [0.5, 0.6) is 0 Å². The van der Waals surface area contributed by atoms with Gasteiger partial charge in [0.2, 0.25) is 10.0 Å². The fourth-order valence-corrected chi connectivity index (χ4v) is 4.48. The van der Waals surface area contributed by atoms with Crippen molar-refractivity contribution in [3.05, 3.63) is 0 Å². The van der Waals surface area contributed by atoms with Crippen LogP contribution in [0.15, 0.2) is 0 Å². The second kappa shape index (κ2) is 5.47. The molecule has 1 saturated carbocycles. The van der Waals surface area contributed by atoms with Crippen molar-refractivity contribution in [2.45, 2.75) is 44.6 Å². The van der Waals surface area contributed by atoms with Crippen molar-refractivity contribution >= 4 is 10.0 Å². The lowest BCUT2D eigenvalue weighted by molar-refractivity contribution is 0.383. The zero-order valence-electron chi connectivity index (χ0n) is 9.74. The van der Waals surface area contributed by atoms with Gasteiger partial charge in [-0.1, -0.05) is 19.3 Å². The van der Waals surface area contributed by atoms with Gasteiger partial charge in [0.15, 0.2) is 0 Å². The first-order valence-corrected chi connectivity index (χ1v) is 8.02. The highest BCUT2D eigenvalue weighted by Crippen LogP contribution is 2.24. The van der Waals surface area contributed by atoms with Crippen molar-refractivity contribution in [2.24, 2.45) is 5.92 Å². The number of hydrogen-bond donors (Lipinski definition) is 2. The molecule has 0 aromatic heterocycles. The molecule has 4 nitrogen and oxygen atoms in total. The predicted molar refractivity (Wildman–Crippen MR) is 64.8 cm³/mol. The molecule has 1 aliphatic carbocycles. The summed E-state index contributed by atoms with van der Waals surface area (Å²) in [5.74, 6) is 0.726. The van der Waals surface area contributed by atoms with E-state index in [-0.39, 0.29) is 6.04 Å². The Morgan fingerprint density at radius 1 is 1.12 bits per heavy atom. The van der Waals surface area contributed by atoms with Gasteiger partial charge in [0.1, 0.15) is 0 Å². The Kier molecular flexibility index (Phi) is 4.21. The molecule has 0 aromatic carbocycles. The van der Waals surface area contributed by atoms with Gasteiger partial charge in [-0.05, 0) is 31.7 Å². The van der Waals surface area contributed by atoms with E-state index in [2.05, 4.69) is 10.0 Å². The van der Waals surface area contributed by atoms with Crippen molar-refractivity contribution in [3.63, 3.8) is 0 Å². The van der Waals surface area contributed by atoms with E-state index in [0.29, 0.717) is 11.7 Å². The number of sulfonamides is 1. The molecule has 1 aliphatic heterocycles. The molecular formula is C11H22N2O2S. The van der Waals surface area contributed by atoms with E-state index in [1.165, 1.54) is 19.3 Å². The summed E-state index contributed by atoms with van der Waals surface area (Å²) >= 11 is 0. The molecule has 2 aliphatic rings. The SMILES string of the molecule is O=S(=O)(CC1CCCCC1)N[C@H]1CCNC1. The fourth-order valence-electron chi connectivity index (χ4n) is 2.72. The summed E-state index contributed by atoms with van der Waals surface area (Å²) in [5.41, 5.74) is 0. The highest BCUT2D eigenvalue weighted by molar-refractivity contribution is 7.89. The minimum Gasteiger partial charge on any atom is -0.315 e. The molecule has 0 spiro atoms. The topological polar surface area (TPSA) is 58.2 Å². The maximum absolute atomic E-state index is 11.9. The van der Waals surface area contributed by atoms with Crippen LogP contribution in [0.1, 0.15) is 38.5 Å². The quantitative estimate of drug-likeness (QED) is 0.773. The maximum Gasteiger partial charge on any atom is 0.212 e. The molecule has 2 rings (SSSR count). The second-order valence-electron chi connectivity index (χ2n) is 5.09. The highest BCUT2D eigenvalue weighted by Gasteiger charge is 2.25. The molecule has 0 amide bonds. The molecule has 1 heterocycles. The van der Waals surface area contributed by atoms with Crippen LogP contribution < -0.4 is 10.0 Å². The fraction of sp³-hybridized carbons (Fsp3) is 1.00. The van der Waals surface area contributed by atoms with Gasteiger partial charge in [0.05, 0.1) is 5.75 Å². The van der Waals surface area contributed by atoms with E-state index in [1.807, 2.05) is 0 Å². The van der Waals surface area contributed by atoms with Gasteiger partial charge >= 0.3 is 0 Å². The average Bonchev–Trinajstić information content (AvgIpc) is 2.70. The van der Waals surface area contributed by atoms with Crippen molar-refractivity contribution in [1.82, 2.24) is 10.0 Å². The first kappa shape index (κ1) is 12.3. The minimum absolute atomic E-state index is 0.119. The molecule has 2 N–H and O–H groups in total. The van der Waals surface area contributed by atoms with E-state index >= 15 is 0 Å². The molecule has 16 heavy (non-hydrogen) atoms. The molecule has 0 unspecified atom stereocenters. The van der Waals surface area contributed by atoms with Gasteiger partial charge in [-0.3, -0.25) is 0 Å². The molecule has 94 valence electrons. The van der Waals surface area contributed by atoms with Gasteiger partial charge in [-0.2, -0.15) is 0 Å². The third-order valence-electron chi connectivity index (χ3n) is 3.59. The molecule has 1 saturated heterocycles. The van der Waals surface area contributed by atoms with Crippen molar-refractivity contribution < 1.29 is 8.42 Å². The summed E-state index contributed by atoms with van der Waals surface area (Å²) in [4.78, 5) is 0. The summed E-state index contributed by atoms with van der Waals surface area (Å²) in [6, 6.07) is 0.119. The van der Waals surface area contributed by atoms with Crippen molar-refractivity contribution in [1.29, 1.82) is 0 Å². The smallest absolute Gasteiger partial charge is 0.212 e. The number of rotatable bonds is 4. The Morgan fingerprint density at radius 2 is 1.88 bits per heavy atom. The van der Waals surface area contributed by atoms with E-state index in [1.54, 1.807) is 0 Å². The van der Waals surface area contributed by atoms with Crippen LogP contribution in [0.4, 0.5) is 0 Å². The van der Waals surface area contributed by atoms with Crippen LogP contribution in [-0.2, 0) is 10.0 Å². The van der Waals surface area contributed by atoms with Crippen molar-refractivity contribution in [3.8, 4) is 0 Å². The van der Waals surface area contributed by atoms with Gasteiger partial charge in [-0.25, -0.2) is 13.1 Å². The zero-order valence-corrected chi connectivity index (χ0v) is 10.6. The summed E-state index contributed by atoms with van der Waals surface area (Å²) in [6.45, 7) is 1.71. The Balaban J connectivity index is 1.81. The first-order valence-electron chi connectivity index (χ1n) is 6.36. The monoisotopic (exact) mass is 246 g/mol. The van der Waals surface area contributed by atoms with Gasteiger partial charge < -0.3 is 5.32 Å². The zero-order chi connectivity index (χ0) is 11.4. The Labute approximate surface area is 98.2 Å². The lowest BCUT2D eigenvalue weighted by Gasteiger charge is -2.22. The summed E-state index contributed by atoms with van der Waals surface area (Å²) in [6.07, 6.45) is 6.77. The average molecular weight is 246 g/mol. The van der Waals surface area contributed by atoms with Gasteiger partial charge in [0.25, 0.3) is 0 Å². The minimum atomic E-state index is -3.05. The summed E-state index contributed by atoms with van der Waals surface area (Å²) < 4.78 is 26.6. The van der Waals surface area contributed by atoms with Crippen LogP contribution in [0.3, 0.4) is 0 Å². The van der Waals surface area contributed by atoms with Crippen LogP contribution in [0.2, 0.25) is 0 Å². The van der Waals surface area contributed by atoms with E-state index in [0.717, 1.165) is 32.4 Å². The number of hydrogen-bond acceptors (Lipinski definition) is 3. The summed E-state index contributed by atoms with van der Waals surface area (Å²) in [5, 5.41) is 3.17. The van der Waals surface area contributed by atoms with Crippen LogP contribution in [0.25, 0.3) is 0 Å². The van der Waals surface area contributed by atoms with Crippen LogP contribution in [-0.4, -0.2) is 33.3 Å². The van der Waals surface area contributed by atoms with Gasteiger partial charge in [-0.15, -0.1) is 0 Å². The highest BCUT2D eigenvalue weighted by atomic mass is 32.2.